The summed E-state index contributed by atoms with van der Waals surface area (Å²) >= 11 is 0. The first-order valence-electron chi connectivity index (χ1n) is 3.77. The highest BCUT2D eigenvalue weighted by atomic mass is 15.1. The van der Waals surface area contributed by atoms with Crippen molar-refractivity contribution < 1.29 is 0 Å². The lowest BCUT2D eigenvalue weighted by atomic mass is 10.2. The topological polar surface area (TPSA) is 28.7 Å². The molecule has 0 saturated heterocycles. The molecule has 0 unspecified atom stereocenters. The van der Waals surface area contributed by atoms with Crippen molar-refractivity contribution in [1.29, 1.82) is 0 Å². The average molecular weight is 156 g/mol. The molecule has 2 heteroatoms. The van der Waals surface area contributed by atoms with E-state index < -0.39 is 0 Å². The molecule has 1 aromatic heterocycles. The van der Waals surface area contributed by atoms with E-state index >= 15 is 0 Å². The van der Waals surface area contributed by atoms with Gasteiger partial charge in [-0.25, -0.2) is 0 Å². The summed E-state index contributed by atoms with van der Waals surface area (Å²) in [6, 6.07) is 7.93. The molecule has 0 fully saturated rings. The van der Waals surface area contributed by atoms with Crippen LogP contribution in [0.25, 0.3) is 10.9 Å². The number of fused-ring (bicyclic) bond motifs is 1. The molecule has 0 amide bonds. The summed E-state index contributed by atoms with van der Waals surface area (Å²) in [7, 11) is 0. The van der Waals surface area contributed by atoms with Gasteiger partial charge in [0.1, 0.15) is 0 Å². The van der Waals surface area contributed by atoms with Gasteiger partial charge in [0.05, 0.1) is 17.6 Å². The van der Waals surface area contributed by atoms with Gasteiger partial charge in [-0.05, 0) is 6.07 Å². The fourth-order valence-corrected chi connectivity index (χ4v) is 1.25. The molecule has 0 bridgehead atoms. The Labute approximate surface area is 70.6 Å². The predicted molar refractivity (Wildman–Crippen MR) is 48.6 cm³/mol. The van der Waals surface area contributed by atoms with Gasteiger partial charge in [0.15, 0.2) is 0 Å². The molecule has 0 atom stereocenters. The highest BCUT2D eigenvalue weighted by molar-refractivity contribution is 5.81. The van der Waals surface area contributed by atoms with E-state index in [4.69, 9.17) is 6.42 Å². The van der Waals surface area contributed by atoms with Crippen LogP contribution < -0.4 is 0 Å². The van der Waals surface area contributed by atoms with Crippen molar-refractivity contribution in [3.63, 3.8) is 0 Å². The van der Waals surface area contributed by atoms with Crippen LogP contribution in [-0.2, 0) is 6.42 Å². The molecule has 0 saturated carbocycles. The minimum atomic E-state index is 0.612. The van der Waals surface area contributed by atoms with Crippen LogP contribution in [0.5, 0.6) is 0 Å². The molecule has 0 aliphatic heterocycles. The first kappa shape index (κ1) is 6.93. The van der Waals surface area contributed by atoms with E-state index in [0.717, 1.165) is 16.6 Å². The van der Waals surface area contributed by atoms with Crippen LogP contribution >= 0.6 is 0 Å². The average Bonchev–Trinajstić information content (AvgIpc) is 2.50. The number of aromatic amines is 1. The van der Waals surface area contributed by atoms with Crippen molar-refractivity contribution in [2.24, 2.45) is 0 Å². The number of terminal acetylenes is 1. The van der Waals surface area contributed by atoms with Crippen molar-refractivity contribution in [2.45, 2.75) is 6.42 Å². The molecule has 1 N–H and O–H groups in total. The largest absolute Gasteiger partial charge is 0.280 e. The Morgan fingerprint density at radius 2 is 2.25 bits per heavy atom. The van der Waals surface area contributed by atoms with Crippen molar-refractivity contribution in [3.8, 4) is 12.3 Å². The Morgan fingerprint density at radius 3 is 3.08 bits per heavy atom. The lowest BCUT2D eigenvalue weighted by Crippen LogP contribution is -1.80. The summed E-state index contributed by atoms with van der Waals surface area (Å²) in [6.45, 7) is 0. The third kappa shape index (κ3) is 0.960. The number of hydrogen-bond acceptors (Lipinski definition) is 1. The summed E-state index contributed by atoms with van der Waals surface area (Å²) in [4.78, 5) is 0. The Morgan fingerprint density at radius 1 is 1.42 bits per heavy atom. The maximum Gasteiger partial charge on any atom is 0.0924 e. The molecule has 0 radical (unpaired) electrons. The number of rotatable bonds is 1. The van der Waals surface area contributed by atoms with Gasteiger partial charge in [0, 0.05) is 5.39 Å². The van der Waals surface area contributed by atoms with Crippen LogP contribution in [0.3, 0.4) is 0 Å². The highest BCUT2D eigenvalue weighted by Crippen LogP contribution is 2.14. The number of benzene rings is 1. The first-order chi connectivity index (χ1) is 5.92. The molecule has 2 nitrogen and oxygen atoms in total. The van der Waals surface area contributed by atoms with Gasteiger partial charge in [-0.15, -0.1) is 12.3 Å². The molecule has 2 rings (SSSR count). The summed E-state index contributed by atoms with van der Waals surface area (Å²) in [5.74, 6) is 2.59. The summed E-state index contributed by atoms with van der Waals surface area (Å²) in [5.41, 5.74) is 2.00. The Bertz CT molecular complexity index is 434. The van der Waals surface area contributed by atoms with Crippen LogP contribution in [0.1, 0.15) is 5.69 Å². The third-order valence-corrected chi connectivity index (χ3v) is 1.82. The minimum Gasteiger partial charge on any atom is -0.280 e. The summed E-state index contributed by atoms with van der Waals surface area (Å²) < 4.78 is 0. The van der Waals surface area contributed by atoms with Crippen LogP contribution in [0.4, 0.5) is 0 Å². The Balaban J connectivity index is 2.64. The maximum atomic E-state index is 5.21. The van der Waals surface area contributed by atoms with Gasteiger partial charge in [-0.3, -0.25) is 5.10 Å². The molecule has 0 aliphatic rings. The molecular formula is C10H8N2. The van der Waals surface area contributed by atoms with Crippen LogP contribution in [0.15, 0.2) is 24.3 Å². The first-order valence-corrected chi connectivity index (χ1v) is 3.77. The quantitative estimate of drug-likeness (QED) is 0.626. The van der Waals surface area contributed by atoms with Crippen LogP contribution in [0.2, 0.25) is 0 Å². The second kappa shape index (κ2) is 2.71. The maximum absolute atomic E-state index is 5.21. The van der Waals surface area contributed by atoms with E-state index in [-0.39, 0.29) is 0 Å². The molecule has 12 heavy (non-hydrogen) atoms. The predicted octanol–water partition coefficient (Wildman–Crippen LogP) is 1.74. The molecule has 1 aromatic carbocycles. The van der Waals surface area contributed by atoms with Crippen molar-refractivity contribution in [1.82, 2.24) is 10.2 Å². The smallest absolute Gasteiger partial charge is 0.0924 e. The second-order valence-electron chi connectivity index (χ2n) is 2.60. The standard InChI is InChI=1S/C10H8N2/c1-2-5-9-8-6-3-4-7-10(8)12-11-9/h1,3-4,6-7H,5H2,(H,11,12). The number of hydrogen-bond donors (Lipinski definition) is 1. The lowest BCUT2D eigenvalue weighted by molar-refractivity contribution is 1.04. The van der Waals surface area contributed by atoms with E-state index in [9.17, 15) is 0 Å². The fraction of sp³-hybridized carbons (Fsp3) is 0.100. The summed E-state index contributed by atoms with van der Waals surface area (Å²) in [6.07, 6.45) is 5.82. The number of para-hydroxylation sites is 1. The minimum absolute atomic E-state index is 0.612. The SMILES string of the molecule is C#CCc1[nH]nc2ccccc12. The molecule has 58 valence electrons. The van der Waals surface area contributed by atoms with Crippen LogP contribution in [-0.4, -0.2) is 10.2 Å². The molecule has 0 aliphatic carbocycles. The highest BCUT2D eigenvalue weighted by Gasteiger charge is 2.00. The zero-order valence-electron chi connectivity index (χ0n) is 6.54. The number of nitrogens with zero attached hydrogens (tertiary/aromatic N) is 1. The van der Waals surface area contributed by atoms with E-state index in [2.05, 4.69) is 16.1 Å². The third-order valence-electron chi connectivity index (χ3n) is 1.82. The van der Waals surface area contributed by atoms with Crippen molar-refractivity contribution in [3.05, 3.63) is 30.0 Å². The monoisotopic (exact) mass is 156 g/mol. The number of nitrogens with one attached hydrogen (secondary N) is 1. The molecule has 1 heterocycles. The van der Waals surface area contributed by atoms with Gasteiger partial charge < -0.3 is 0 Å². The van der Waals surface area contributed by atoms with Crippen molar-refractivity contribution in [2.75, 3.05) is 0 Å². The fourth-order valence-electron chi connectivity index (χ4n) is 1.25. The molecular weight excluding hydrogens is 148 g/mol. The molecule has 2 aromatic rings. The lowest BCUT2D eigenvalue weighted by Gasteiger charge is -1.88. The van der Waals surface area contributed by atoms with E-state index in [0.29, 0.717) is 6.42 Å². The Hall–Kier alpha value is -1.75. The van der Waals surface area contributed by atoms with Crippen LogP contribution in [0, 0.1) is 12.3 Å². The van der Waals surface area contributed by atoms with E-state index in [1.54, 1.807) is 0 Å². The zero-order valence-corrected chi connectivity index (χ0v) is 6.54. The van der Waals surface area contributed by atoms with Gasteiger partial charge in [0.25, 0.3) is 0 Å². The van der Waals surface area contributed by atoms with Crippen molar-refractivity contribution >= 4 is 10.9 Å². The van der Waals surface area contributed by atoms with Gasteiger partial charge >= 0.3 is 0 Å². The van der Waals surface area contributed by atoms with Gasteiger partial charge in [-0.2, -0.15) is 5.10 Å². The van der Waals surface area contributed by atoms with E-state index in [1.807, 2.05) is 24.3 Å². The van der Waals surface area contributed by atoms with Gasteiger partial charge in [-0.1, -0.05) is 18.2 Å². The number of aromatic nitrogens is 2. The van der Waals surface area contributed by atoms with Gasteiger partial charge in [0.2, 0.25) is 0 Å². The number of H-pyrrole nitrogens is 1. The zero-order chi connectivity index (χ0) is 8.39. The molecule has 0 spiro atoms. The second-order valence-corrected chi connectivity index (χ2v) is 2.60. The summed E-state index contributed by atoms with van der Waals surface area (Å²) in [5, 5.41) is 8.16. The van der Waals surface area contributed by atoms with E-state index in [1.165, 1.54) is 0 Å². The Kier molecular flexibility index (Phi) is 1.56. The normalized spacial score (nSPS) is 9.92.